The summed E-state index contributed by atoms with van der Waals surface area (Å²) >= 11 is 0. The van der Waals surface area contributed by atoms with Gasteiger partial charge in [0.15, 0.2) is 11.5 Å². The molecule has 180 valence electrons. The van der Waals surface area contributed by atoms with Gasteiger partial charge in [-0.25, -0.2) is 4.98 Å². The van der Waals surface area contributed by atoms with Gasteiger partial charge in [0.1, 0.15) is 12.4 Å². The third kappa shape index (κ3) is 4.25. The largest absolute Gasteiger partial charge is 0.493 e. The Kier molecular flexibility index (Phi) is 6.09. The minimum absolute atomic E-state index is 0.132. The summed E-state index contributed by atoms with van der Waals surface area (Å²) in [5.74, 6) is 3.95. The monoisotopic (exact) mass is 480 g/mol. The summed E-state index contributed by atoms with van der Waals surface area (Å²) in [5.41, 5.74) is 5.26. The average molecular weight is 481 g/mol. The Labute approximate surface area is 208 Å². The number of hydrogen-bond donors (Lipinski definition) is 1. The molecule has 9 nitrogen and oxygen atoms in total. The van der Waals surface area contributed by atoms with Crippen molar-refractivity contribution in [2.75, 3.05) is 19.0 Å². The van der Waals surface area contributed by atoms with Crippen LogP contribution in [0.25, 0.3) is 17.2 Å². The number of carbonyl (C=O) groups is 1. The fourth-order valence-corrected chi connectivity index (χ4v) is 4.36. The summed E-state index contributed by atoms with van der Waals surface area (Å²) in [6, 6.07) is 13.6. The summed E-state index contributed by atoms with van der Waals surface area (Å²) in [6.45, 7) is 4.06. The van der Waals surface area contributed by atoms with Crippen LogP contribution < -0.4 is 14.8 Å². The highest BCUT2D eigenvalue weighted by Gasteiger charge is 2.33. The van der Waals surface area contributed by atoms with Crippen molar-refractivity contribution in [3.05, 3.63) is 71.0 Å². The summed E-state index contributed by atoms with van der Waals surface area (Å²) < 4.78 is 12.6. The number of ether oxygens (including phenoxy) is 2. The molecule has 0 spiro atoms. The van der Waals surface area contributed by atoms with Crippen molar-refractivity contribution in [3.63, 3.8) is 0 Å². The first-order valence-electron chi connectivity index (χ1n) is 11.4. The van der Waals surface area contributed by atoms with E-state index in [1.165, 1.54) is 0 Å². The summed E-state index contributed by atoms with van der Waals surface area (Å²) in [5, 5.41) is 16.0. The molecule has 0 radical (unpaired) electrons. The van der Waals surface area contributed by atoms with Gasteiger partial charge in [0.25, 0.3) is 5.95 Å². The van der Waals surface area contributed by atoms with E-state index in [-0.39, 0.29) is 30.8 Å². The van der Waals surface area contributed by atoms with Crippen LogP contribution in [-0.4, -0.2) is 44.6 Å². The molecule has 0 bridgehead atoms. The van der Waals surface area contributed by atoms with Gasteiger partial charge in [-0.15, -0.1) is 11.5 Å². The average Bonchev–Trinajstić information content (AvgIpc) is 3.23. The molecule has 1 aliphatic rings. The van der Waals surface area contributed by atoms with Crippen LogP contribution in [0, 0.1) is 26.2 Å². The van der Waals surface area contributed by atoms with Gasteiger partial charge in [-0.2, -0.15) is 14.9 Å². The molecule has 1 atom stereocenters. The van der Waals surface area contributed by atoms with E-state index in [0.29, 0.717) is 23.0 Å². The van der Waals surface area contributed by atoms with E-state index in [0.717, 1.165) is 27.9 Å². The fourth-order valence-electron chi connectivity index (χ4n) is 4.36. The van der Waals surface area contributed by atoms with Crippen LogP contribution in [0.15, 0.2) is 48.7 Å². The van der Waals surface area contributed by atoms with Gasteiger partial charge in [-0.1, -0.05) is 41.8 Å². The molecule has 1 amide bonds. The van der Waals surface area contributed by atoms with E-state index in [2.05, 4.69) is 31.5 Å². The van der Waals surface area contributed by atoms with E-state index in [4.69, 9.17) is 15.9 Å². The molecule has 0 saturated heterocycles. The van der Waals surface area contributed by atoms with Gasteiger partial charge in [0, 0.05) is 23.5 Å². The number of fused-ring (bicyclic) bond motifs is 1. The highest BCUT2D eigenvalue weighted by molar-refractivity contribution is 5.95. The third-order valence-corrected chi connectivity index (χ3v) is 6.09. The number of carbonyl (C=O) groups excluding carboxylic acids is 1. The molecular weight excluding hydrogens is 456 g/mol. The lowest BCUT2D eigenvalue weighted by molar-refractivity contribution is -0.116. The zero-order chi connectivity index (χ0) is 25.2. The van der Waals surface area contributed by atoms with Gasteiger partial charge in [-0.3, -0.25) is 4.79 Å². The highest BCUT2D eigenvalue weighted by Crippen LogP contribution is 2.42. The Morgan fingerprint density at radius 1 is 1.17 bits per heavy atom. The number of nitrogens with zero attached hydrogens (tertiary/aromatic N) is 5. The molecule has 0 aliphatic carbocycles. The Morgan fingerprint density at radius 3 is 2.72 bits per heavy atom. The third-order valence-electron chi connectivity index (χ3n) is 6.09. The number of hydrogen-bond acceptors (Lipinski definition) is 7. The second-order valence-corrected chi connectivity index (χ2v) is 8.48. The number of nitrogens with one attached hydrogen (secondary N) is 1. The van der Waals surface area contributed by atoms with Gasteiger partial charge in [0.2, 0.25) is 5.91 Å². The van der Waals surface area contributed by atoms with Crippen molar-refractivity contribution >= 4 is 11.7 Å². The molecule has 5 rings (SSSR count). The molecule has 36 heavy (non-hydrogen) atoms. The number of rotatable bonds is 6. The smallest absolute Gasteiger partial charge is 0.272 e. The summed E-state index contributed by atoms with van der Waals surface area (Å²) in [7, 11) is 1.56. The van der Waals surface area contributed by atoms with Crippen LogP contribution in [0.1, 0.15) is 34.7 Å². The molecule has 3 heterocycles. The molecule has 1 aliphatic heterocycles. The van der Waals surface area contributed by atoms with Crippen LogP contribution in [0.5, 0.6) is 11.5 Å². The number of anilines is 1. The molecule has 1 N–H and O–H groups in total. The second-order valence-electron chi connectivity index (χ2n) is 8.48. The Hall–Kier alpha value is -4.71. The van der Waals surface area contributed by atoms with Crippen LogP contribution in [0.3, 0.4) is 0 Å². The van der Waals surface area contributed by atoms with Gasteiger partial charge >= 0.3 is 0 Å². The molecule has 1 unspecified atom stereocenters. The quantitative estimate of drug-likeness (QED) is 0.418. The number of terminal acetylenes is 1. The minimum Gasteiger partial charge on any atom is -0.493 e. The number of aryl methyl sites for hydroxylation is 2. The van der Waals surface area contributed by atoms with Crippen molar-refractivity contribution in [3.8, 4) is 41.0 Å². The molecule has 0 fully saturated rings. The van der Waals surface area contributed by atoms with Crippen molar-refractivity contribution in [2.24, 2.45) is 0 Å². The molecule has 9 heteroatoms. The molecule has 2 aromatic heterocycles. The van der Waals surface area contributed by atoms with Crippen LogP contribution in [0.4, 0.5) is 5.82 Å². The van der Waals surface area contributed by atoms with Crippen LogP contribution >= 0.6 is 0 Å². The Morgan fingerprint density at radius 2 is 1.97 bits per heavy atom. The van der Waals surface area contributed by atoms with E-state index in [1.807, 2.05) is 50.2 Å². The predicted octanol–water partition coefficient (Wildman–Crippen LogP) is 3.84. The number of methoxy groups -OCH3 is 1. The van der Waals surface area contributed by atoms with Crippen LogP contribution in [0.2, 0.25) is 0 Å². The SMILES string of the molecule is C#CCOc1ccc(C2CC(=O)Nc3c2c(C)nn3-c2nncc(-c3ccc(C)cc3)n2)cc1OC. The lowest BCUT2D eigenvalue weighted by Crippen LogP contribution is -2.25. The molecular formula is C27H24N6O3. The zero-order valence-electron chi connectivity index (χ0n) is 20.1. The van der Waals surface area contributed by atoms with Gasteiger partial charge < -0.3 is 14.8 Å². The molecule has 4 aromatic rings. The topological polar surface area (TPSA) is 104 Å². The first-order chi connectivity index (χ1) is 17.5. The predicted molar refractivity (Wildman–Crippen MR) is 134 cm³/mol. The first-order valence-corrected chi connectivity index (χ1v) is 11.4. The van der Waals surface area contributed by atoms with Crippen LogP contribution in [-0.2, 0) is 4.79 Å². The summed E-state index contributed by atoms with van der Waals surface area (Å²) in [6.07, 6.45) is 7.18. The van der Waals surface area contributed by atoms with Crippen molar-refractivity contribution in [1.82, 2.24) is 25.0 Å². The van der Waals surface area contributed by atoms with Gasteiger partial charge in [0.05, 0.1) is 24.7 Å². The summed E-state index contributed by atoms with van der Waals surface area (Å²) in [4.78, 5) is 17.5. The van der Waals surface area contributed by atoms with E-state index < -0.39 is 0 Å². The first kappa shape index (κ1) is 23.1. The van der Waals surface area contributed by atoms with Crippen molar-refractivity contribution in [1.29, 1.82) is 0 Å². The van der Waals surface area contributed by atoms with Gasteiger partial charge in [-0.05, 0) is 31.5 Å². The standard InChI is InChI=1S/C27H24N6O3/c1-5-12-36-22-11-10-19(13-23(22)35-4)20-14-24(34)30-26-25(20)17(3)32-33(26)27-29-21(15-28-31-27)18-8-6-16(2)7-9-18/h1,6-11,13,15,20H,12,14H2,2-4H3,(H,30,34). The van der Waals surface area contributed by atoms with E-state index in [1.54, 1.807) is 24.1 Å². The van der Waals surface area contributed by atoms with E-state index in [9.17, 15) is 4.79 Å². The number of amides is 1. The highest BCUT2D eigenvalue weighted by atomic mass is 16.5. The maximum Gasteiger partial charge on any atom is 0.272 e. The molecule has 2 aromatic carbocycles. The lowest BCUT2D eigenvalue weighted by atomic mass is 9.85. The second kappa shape index (κ2) is 9.50. The Balaban J connectivity index is 1.56. The lowest BCUT2D eigenvalue weighted by Gasteiger charge is -2.24. The van der Waals surface area contributed by atoms with Crippen molar-refractivity contribution in [2.45, 2.75) is 26.2 Å². The maximum atomic E-state index is 12.8. The zero-order valence-corrected chi connectivity index (χ0v) is 20.1. The van der Waals surface area contributed by atoms with Crippen molar-refractivity contribution < 1.29 is 14.3 Å². The van der Waals surface area contributed by atoms with E-state index >= 15 is 0 Å². The minimum atomic E-state index is -0.244. The molecule has 0 saturated carbocycles. The number of benzene rings is 2. The maximum absolute atomic E-state index is 12.8. The fraction of sp³-hybridized carbons (Fsp3) is 0.222. The normalized spacial score (nSPS) is 14.5. The Bertz CT molecular complexity index is 1490. The number of aromatic nitrogens is 5.